The molecule has 0 radical (unpaired) electrons. The molecule has 1 aromatic heterocycles. The lowest BCUT2D eigenvalue weighted by atomic mass is 10.2. The van der Waals surface area contributed by atoms with Crippen molar-refractivity contribution in [3.63, 3.8) is 0 Å². The van der Waals surface area contributed by atoms with Crippen LogP contribution >= 0.6 is 12.2 Å². The first-order valence-electron chi connectivity index (χ1n) is 5.48. The number of rotatable bonds is 5. The third-order valence-electron chi connectivity index (χ3n) is 2.37. The Morgan fingerprint density at radius 1 is 1.41 bits per heavy atom. The lowest BCUT2D eigenvalue weighted by Gasteiger charge is -2.07. The minimum Gasteiger partial charge on any atom is -0.493 e. The Morgan fingerprint density at radius 3 is 2.94 bits per heavy atom. The zero-order chi connectivity index (χ0) is 12.1. The largest absolute Gasteiger partial charge is 0.493 e. The lowest BCUT2D eigenvalue weighted by molar-refractivity contribution is 0.302. The van der Waals surface area contributed by atoms with E-state index in [-0.39, 0.29) is 0 Å². The molecule has 0 unspecified atom stereocenters. The molecule has 0 bridgehead atoms. The standard InChI is InChI=1S/C12H14N2O2S/c1-9-5-2-3-6-10(9)15-8-4-7-11-13-14-12(17)16-11/h2-3,5-6H,4,7-8H2,1H3,(H,14,17). The van der Waals surface area contributed by atoms with Crippen molar-refractivity contribution < 1.29 is 9.15 Å². The maximum absolute atomic E-state index is 5.66. The minimum atomic E-state index is 0.319. The van der Waals surface area contributed by atoms with Gasteiger partial charge in [0.05, 0.1) is 6.61 Å². The third-order valence-corrected chi connectivity index (χ3v) is 2.54. The molecule has 1 N–H and O–H groups in total. The molecule has 17 heavy (non-hydrogen) atoms. The second-order valence-corrected chi connectivity index (χ2v) is 4.10. The second kappa shape index (κ2) is 5.63. The first-order valence-corrected chi connectivity index (χ1v) is 5.89. The molecule has 0 fully saturated rings. The second-order valence-electron chi connectivity index (χ2n) is 3.72. The minimum absolute atomic E-state index is 0.319. The highest BCUT2D eigenvalue weighted by molar-refractivity contribution is 7.71. The summed E-state index contributed by atoms with van der Waals surface area (Å²) in [7, 11) is 0. The summed E-state index contributed by atoms with van der Waals surface area (Å²) in [6.45, 7) is 2.67. The van der Waals surface area contributed by atoms with Gasteiger partial charge in [-0.2, -0.15) is 0 Å². The van der Waals surface area contributed by atoms with E-state index in [4.69, 9.17) is 21.4 Å². The third kappa shape index (κ3) is 3.42. The number of nitrogens with zero attached hydrogens (tertiary/aromatic N) is 1. The van der Waals surface area contributed by atoms with Gasteiger partial charge in [-0.3, -0.25) is 0 Å². The average molecular weight is 250 g/mol. The summed E-state index contributed by atoms with van der Waals surface area (Å²) in [6, 6.07) is 7.96. The number of H-pyrrole nitrogens is 1. The molecule has 0 saturated heterocycles. The van der Waals surface area contributed by atoms with Gasteiger partial charge in [0.1, 0.15) is 5.75 Å². The number of hydrogen-bond donors (Lipinski definition) is 1. The monoisotopic (exact) mass is 250 g/mol. The molecular weight excluding hydrogens is 236 g/mol. The number of aromatic nitrogens is 2. The molecule has 0 saturated carbocycles. The summed E-state index contributed by atoms with van der Waals surface area (Å²) < 4.78 is 10.8. The Kier molecular flexibility index (Phi) is 3.93. The van der Waals surface area contributed by atoms with Gasteiger partial charge in [-0.05, 0) is 37.2 Å². The highest BCUT2D eigenvalue weighted by Crippen LogP contribution is 2.16. The molecule has 5 heteroatoms. The van der Waals surface area contributed by atoms with Gasteiger partial charge in [-0.15, -0.1) is 5.10 Å². The van der Waals surface area contributed by atoms with Crippen LogP contribution in [0, 0.1) is 11.8 Å². The molecule has 0 aliphatic rings. The van der Waals surface area contributed by atoms with E-state index in [1.165, 1.54) is 0 Å². The molecule has 0 amide bonds. The number of aryl methyl sites for hydroxylation is 2. The molecule has 4 nitrogen and oxygen atoms in total. The molecule has 1 heterocycles. The summed E-state index contributed by atoms with van der Waals surface area (Å²) in [5.41, 5.74) is 1.14. The van der Waals surface area contributed by atoms with E-state index in [2.05, 4.69) is 10.2 Å². The van der Waals surface area contributed by atoms with Crippen LogP contribution in [0.1, 0.15) is 17.9 Å². The zero-order valence-corrected chi connectivity index (χ0v) is 10.4. The maximum atomic E-state index is 5.66. The van der Waals surface area contributed by atoms with Crippen LogP contribution in [0.5, 0.6) is 5.75 Å². The Hall–Kier alpha value is -1.62. The van der Waals surface area contributed by atoms with Crippen molar-refractivity contribution in [2.45, 2.75) is 19.8 Å². The van der Waals surface area contributed by atoms with Crippen LogP contribution < -0.4 is 4.74 Å². The molecule has 0 aliphatic carbocycles. The quantitative estimate of drug-likeness (QED) is 0.654. The Labute approximate surface area is 105 Å². The van der Waals surface area contributed by atoms with E-state index in [0.29, 0.717) is 17.3 Å². The summed E-state index contributed by atoms with van der Waals surface area (Å²) in [4.78, 5) is 0.319. The van der Waals surface area contributed by atoms with Gasteiger partial charge in [0.15, 0.2) is 0 Å². The number of para-hydroxylation sites is 1. The van der Waals surface area contributed by atoms with Crippen molar-refractivity contribution >= 4 is 12.2 Å². The maximum Gasteiger partial charge on any atom is 0.284 e. The number of hydrogen-bond acceptors (Lipinski definition) is 4. The van der Waals surface area contributed by atoms with Crippen LogP contribution in [0.25, 0.3) is 0 Å². The summed E-state index contributed by atoms with van der Waals surface area (Å²) in [5.74, 6) is 1.55. The van der Waals surface area contributed by atoms with Crippen molar-refractivity contribution in [3.8, 4) is 5.75 Å². The van der Waals surface area contributed by atoms with Crippen LogP contribution in [0.2, 0.25) is 0 Å². The van der Waals surface area contributed by atoms with E-state index in [1.807, 2.05) is 31.2 Å². The van der Waals surface area contributed by atoms with Gasteiger partial charge in [-0.25, -0.2) is 5.10 Å². The van der Waals surface area contributed by atoms with Crippen LogP contribution in [0.4, 0.5) is 0 Å². The Morgan fingerprint density at radius 2 is 2.24 bits per heavy atom. The van der Waals surface area contributed by atoms with Gasteiger partial charge in [-0.1, -0.05) is 18.2 Å². The normalized spacial score (nSPS) is 10.4. The fraction of sp³-hybridized carbons (Fsp3) is 0.333. The van der Waals surface area contributed by atoms with Crippen molar-refractivity contribution in [2.24, 2.45) is 0 Å². The molecule has 1 aromatic carbocycles. The fourth-order valence-corrected chi connectivity index (χ4v) is 1.63. The number of ether oxygens (including phenoxy) is 1. The molecule has 0 aliphatic heterocycles. The van der Waals surface area contributed by atoms with Crippen LogP contribution in [-0.2, 0) is 6.42 Å². The number of benzene rings is 1. The summed E-state index contributed by atoms with van der Waals surface area (Å²) in [5, 5.41) is 6.52. The predicted molar refractivity (Wildman–Crippen MR) is 66.7 cm³/mol. The molecule has 2 rings (SSSR count). The van der Waals surface area contributed by atoms with Crippen molar-refractivity contribution in [3.05, 3.63) is 40.6 Å². The Bertz CT molecular complexity index is 533. The van der Waals surface area contributed by atoms with E-state index in [9.17, 15) is 0 Å². The number of nitrogens with one attached hydrogen (secondary N) is 1. The van der Waals surface area contributed by atoms with Crippen molar-refractivity contribution in [1.29, 1.82) is 0 Å². The van der Waals surface area contributed by atoms with E-state index in [0.717, 1.165) is 24.2 Å². The van der Waals surface area contributed by atoms with E-state index < -0.39 is 0 Å². The van der Waals surface area contributed by atoms with Gasteiger partial charge >= 0.3 is 0 Å². The molecule has 0 atom stereocenters. The molecule has 90 valence electrons. The fourth-order valence-electron chi connectivity index (χ4n) is 1.49. The smallest absolute Gasteiger partial charge is 0.284 e. The summed E-state index contributed by atoms with van der Waals surface area (Å²) in [6.07, 6.45) is 1.57. The van der Waals surface area contributed by atoms with Crippen LogP contribution in [-0.4, -0.2) is 16.8 Å². The van der Waals surface area contributed by atoms with Crippen molar-refractivity contribution in [2.75, 3.05) is 6.61 Å². The molecule has 2 aromatic rings. The van der Waals surface area contributed by atoms with E-state index >= 15 is 0 Å². The topological polar surface area (TPSA) is 51.0 Å². The highest BCUT2D eigenvalue weighted by atomic mass is 32.1. The van der Waals surface area contributed by atoms with Gasteiger partial charge in [0.2, 0.25) is 5.89 Å². The van der Waals surface area contributed by atoms with E-state index in [1.54, 1.807) is 0 Å². The predicted octanol–water partition coefficient (Wildman–Crippen LogP) is 3.05. The SMILES string of the molecule is Cc1ccccc1OCCCc1n[nH]c(=S)o1. The van der Waals surface area contributed by atoms with Crippen molar-refractivity contribution in [1.82, 2.24) is 10.2 Å². The first kappa shape index (κ1) is 11.9. The summed E-state index contributed by atoms with van der Waals surface area (Å²) >= 11 is 4.79. The van der Waals surface area contributed by atoms with Gasteiger partial charge in [0, 0.05) is 6.42 Å². The lowest BCUT2D eigenvalue weighted by Crippen LogP contribution is -2.00. The van der Waals surface area contributed by atoms with Crippen LogP contribution in [0.15, 0.2) is 28.7 Å². The highest BCUT2D eigenvalue weighted by Gasteiger charge is 2.01. The van der Waals surface area contributed by atoms with Gasteiger partial charge in [0.25, 0.3) is 4.84 Å². The van der Waals surface area contributed by atoms with Crippen LogP contribution in [0.3, 0.4) is 0 Å². The number of aromatic amines is 1. The average Bonchev–Trinajstić information content (AvgIpc) is 2.73. The Balaban J connectivity index is 1.77. The van der Waals surface area contributed by atoms with Gasteiger partial charge < -0.3 is 9.15 Å². The zero-order valence-electron chi connectivity index (χ0n) is 9.60. The molecule has 0 spiro atoms. The molecular formula is C12H14N2O2S. The first-order chi connectivity index (χ1) is 8.25.